The highest BCUT2D eigenvalue weighted by atomic mass is 35.5. The number of carbonyl (C=O) groups excluding carboxylic acids is 3. The average molecular weight is 534 g/mol. The molecule has 0 spiro atoms. The van der Waals surface area contributed by atoms with Gasteiger partial charge in [0.15, 0.2) is 0 Å². The smallest absolute Gasteiger partial charge is 0.344 e. The maximum atomic E-state index is 12.9. The molecule has 1 aliphatic heterocycles. The van der Waals surface area contributed by atoms with Gasteiger partial charge < -0.3 is 4.74 Å². The molecule has 36 heavy (non-hydrogen) atoms. The minimum Gasteiger partial charge on any atom is -0.423 e. The molecule has 1 heterocycles. The second-order valence-electron chi connectivity index (χ2n) is 7.99. The number of carbonyl (C=O) groups is 3. The lowest BCUT2D eigenvalue weighted by atomic mass is 10.0. The monoisotopic (exact) mass is 533 g/mol. The third-order valence-electron chi connectivity index (χ3n) is 5.59. The third kappa shape index (κ3) is 5.02. The van der Waals surface area contributed by atoms with Gasteiger partial charge in [0, 0.05) is 10.0 Å². The second-order valence-corrected chi connectivity index (χ2v) is 9.83. The summed E-state index contributed by atoms with van der Waals surface area (Å²) in [7, 11) is 0. The maximum Gasteiger partial charge on any atom is 0.344 e. The summed E-state index contributed by atoms with van der Waals surface area (Å²) in [6.45, 7) is 0.0424. The predicted octanol–water partition coefficient (Wildman–Crippen LogP) is 7.60. The van der Waals surface area contributed by atoms with Crippen LogP contribution >= 0.6 is 35.0 Å². The van der Waals surface area contributed by atoms with E-state index >= 15 is 0 Å². The number of nitrogens with zero attached hydrogens (tertiary/aromatic N) is 1. The summed E-state index contributed by atoms with van der Waals surface area (Å²) in [5, 5.41) is 2.20. The summed E-state index contributed by atoms with van der Waals surface area (Å²) in [6.07, 6.45) is 1.60. The van der Waals surface area contributed by atoms with Crippen molar-refractivity contribution in [2.75, 3.05) is 0 Å². The van der Waals surface area contributed by atoms with Crippen molar-refractivity contribution in [3.63, 3.8) is 0 Å². The van der Waals surface area contributed by atoms with Crippen LogP contribution in [0, 0.1) is 0 Å². The highest BCUT2D eigenvalue weighted by molar-refractivity contribution is 8.18. The minimum atomic E-state index is -0.482. The largest absolute Gasteiger partial charge is 0.423 e. The van der Waals surface area contributed by atoms with Crippen LogP contribution in [0.4, 0.5) is 4.79 Å². The van der Waals surface area contributed by atoms with Crippen molar-refractivity contribution in [3.05, 3.63) is 117 Å². The molecule has 0 bridgehead atoms. The number of hydrogen-bond donors (Lipinski definition) is 0. The summed E-state index contributed by atoms with van der Waals surface area (Å²) in [6, 6.07) is 24.7. The van der Waals surface area contributed by atoms with Gasteiger partial charge in [0.25, 0.3) is 11.1 Å². The first-order valence-electron chi connectivity index (χ1n) is 10.9. The van der Waals surface area contributed by atoms with Crippen molar-refractivity contribution in [3.8, 4) is 5.75 Å². The summed E-state index contributed by atoms with van der Waals surface area (Å²) >= 11 is 13.0. The maximum absolute atomic E-state index is 12.9. The van der Waals surface area contributed by atoms with Crippen LogP contribution in [0.1, 0.15) is 21.5 Å². The van der Waals surface area contributed by atoms with Gasteiger partial charge in [-0.2, -0.15) is 0 Å². The number of amides is 2. The molecule has 0 radical (unpaired) electrons. The molecule has 8 heteroatoms. The van der Waals surface area contributed by atoms with Gasteiger partial charge >= 0.3 is 5.97 Å². The normalized spacial score (nSPS) is 14.6. The summed E-state index contributed by atoms with van der Waals surface area (Å²) < 4.78 is 5.62. The van der Waals surface area contributed by atoms with Crippen molar-refractivity contribution in [2.24, 2.45) is 0 Å². The molecule has 2 amide bonds. The van der Waals surface area contributed by atoms with Gasteiger partial charge in [-0.3, -0.25) is 14.5 Å². The second kappa shape index (κ2) is 10.2. The minimum absolute atomic E-state index is 0.0424. The Hall–Kier alpha value is -3.58. The number of imide groups is 1. The number of benzene rings is 4. The lowest BCUT2D eigenvalue weighted by Gasteiger charge is -2.13. The Balaban J connectivity index is 1.34. The van der Waals surface area contributed by atoms with E-state index in [0.29, 0.717) is 32.5 Å². The van der Waals surface area contributed by atoms with E-state index < -0.39 is 17.1 Å². The molecule has 5 nitrogen and oxygen atoms in total. The molecular weight excluding hydrogens is 517 g/mol. The quantitative estimate of drug-likeness (QED) is 0.150. The number of rotatable bonds is 5. The van der Waals surface area contributed by atoms with Crippen molar-refractivity contribution in [1.82, 2.24) is 4.90 Å². The lowest BCUT2D eigenvalue weighted by molar-refractivity contribution is -0.123. The Morgan fingerprint density at radius 3 is 2.53 bits per heavy atom. The first kappa shape index (κ1) is 24.1. The molecule has 4 aromatic carbocycles. The van der Waals surface area contributed by atoms with Gasteiger partial charge in [-0.1, -0.05) is 77.8 Å². The molecule has 1 saturated heterocycles. The van der Waals surface area contributed by atoms with Gasteiger partial charge in [0.2, 0.25) is 0 Å². The number of hydrogen-bond acceptors (Lipinski definition) is 5. The number of thioether (sulfide) groups is 1. The molecule has 0 saturated carbocycles. The van der Waals surface area contributed by atoms with E-state index in [2.05, 4.69) is 0 Å². The van der Waals surface area contributed by atoms with Crippen molar-refractivity contribution in [1.29, 1.82) is 0 Å². The molecule has 0 atom stereocenters. The molecule has 0 N–H and O–H groups in total. The van der Waals surface area contributed by atoms with Crippen molar-refractivity contribution < 1.29 is 19.1 Å². The molecule has 178 valence electrons. The Labute approximate surface area is 221 Å². The predicted molar refractivity (Wildman–Crippen MR) is 143 cm³/mol. The number of ether oxygens (including phenoxy) is 1. The van der Waals surface area contributed by atoms with Gasteiger partial charge in [0.05, 0.1) is 17.0 Å². The molecule has 4 aromatic rings. The van der Waals surface area contributed by atoms with Gasteiger partial charge in [0.1, 0.15) is 5.75 Å². The zero-order chi connectivity index (χ0) is 25.2. The molecular formula is C28H17Cl2NO4S. The average Bonchev–Trinajstić information content (AvgIpc) is 3.12. The Kier molecular flexibility index (Phi) is 6.83. The van der Waals surface area contributed by atoms with Crippen molar-refractivity contribution >= 4 is 68.9 Å². The molecule has 1 fully saturated rings. The van der Waals surface area contributed by atoms with Gasteiger partial charge in [-0.25, -0.2) is 4.79 Å². The van der Waals surface area contributed by atoms with Crippen LogP contribution in [0.2, 0.25) is 10.0 Å². The highest BCUT2D eigenvalue weighted by Crippen LogP contribution is 2.35. The van der Waals surface area contributed by atoms with Crippen LogP contribution in [0.25, 0.3) is 16.8 Å². The fourth-order valence-electron chi connectivity index (χ4n) is 3.84. The molecule has 1 aliphatic rings. The summed E-state index contributed by atoms with van der Waals surface area (Å²) in [4.78, 5) is 39.7. The van der Waals surface area contributed by atoms with Crippen LogP contribution in [0.5, 0.6) is 5.75 Å². The SMILES string of the molecule is O=C(Oc1cccc(/C=C2\SC(=O)N(Cc3ccc(Cl)cc3Cl)C2=O)c1)c1cccc2ccccc12. The van der Waals surface area contributed by atoms with Crippen molar-refractivity contribution in [2.45, 2.75) is 6.54 Å². The van der Waals surface area contributed by atoms with E-state index in [1.54, 1.807) is 54.6 Å². The van der Waals surface area contributed by atoms with E-state index in [1.807, 2.05) is 36.4 Å². The van der Waals surface area contributed by atoms with Gasteiger partial charge in [-0.15, -0.1) is 0 Å². The molecule has 0 aliphatic carbocycles. The van der Waals surface area contributed by atoms with E-state index in [1.165, 1.54) is 0 Å². The summed E-state index contributed by atoms with van der Waals surface area (Å²) in [5.41, 5.74) is 1.70. The zero-order valence-electron chi connectivity index (χ0n) is 18.6. The number of fused-ring (bicyclic) bond motifs is 1. The van der Waals surface area contributed by atoms with E-state index in [0.717, 1.165) is 27.4 Å². The zero-order valence-corrected chi connectivity index (χ0v) is 20.9. The van der Waals surface area contributed by atoms with E-state index in [-0.39, 0.29) is 11.4 Å². The third-order valence-corrected chi connectivity index (χ3v) is 7.09. The lowest BCUT2D eigenvalue weighted by Crippen LogP contribution is -2.27. The molecule has 0 unspecified atom stereocenters. The first-order chi connectivity index (χ1) is 17.4. The van der Waals surface area contributed by atoms with Crippen LogP contribution in [0.15, 0.2) is 89.8 Å². The first-order valence-corrected chi connectivity index (χ1v) is 12.5. The highest BCUT2D eigenvalue weighted by Gasteiger charge is 2.35. The fourth-order valence-corrected chi connectivity index (χ4v) is 5.15. The number of halogens is 2. The van der Waals surface area contributed by atoms with Crippen LogP contribution < -0.4 is 4.74 Å². The van der Waals surface area contributed by atoms with Crippen LogP contribution in [0.3, 0.4) is 0 Å². The Morgan fingerprint density at radius 1 is 0.917 bits per heavy atom. The Morgan fingerprint density at radius 2 is 1.69 bits per heavy atom. The summed E-state index contributed by atoms with van der Waals surface area (Å²) in [5.74, 6) is -0.577. The Bertz CT molecular complexity index is 1560. The number of esters is 1. The molecule has 5 rings (SSSR count). The van der Waals surface area contributed by atoms with Gasteiger partial charge in [-0.05, 0) is 70.1 Å². The van der Waals surface area contributed by atoms with Crippen LogP contribution in [-0.2, 0) is 11.3 Å². The molecule has 0 aromatic heterocycles. The topological polar surface area (TPSA) is 63.7 Å². The standard InChI is InChI=1S/C28H17Cl2NO4S/c29-20-12-11-19(24(30)15-20)16-31-26(32)25(36-28(31)34)14-17-5-3-8-21(13-17)35-27(33)23-10-4-7-18-6-1-2-9-22(18)23/h1-15H,16H2/b25-14-. The van der Waals surface area contributed by atoms with Crippen LogP contribution in [-0.4, -0.2) is 22.0 Å². The fraction of sp³-hybridized carbons (Fsp3) is 0.0357. The van der Waals surface area contributed by atoms with E-state index in [4.69, 9.17) is 27.9 Å². The van der Waals surface area contributed by atoms with E-state index in [9.17, 15) is 14.4 Å².